The summed E-state index contributed by atoms with van der Waals surface area (Å²) in [7, 11) is 0. The van der Waals surface area contributed by atoms with E-state index < -0.39 is 0 Å². The second kappa shape index (κ2) is 7.26. The quantitative estimate of drug-likeness (QED) is 0.640. The molecule has 2 aromatic carbocycles. The van der Waals surface area contributed by atoms with Gasteiger partial charge in [0, 0.05) is 37.0 Å². The van der Waals surface area contributed by atoms with Crippen molar-refractivity contribution in [2.75, 3.05) is 18.0 Å². The van der Waals surface area contributed by atoms with Gasteiger partial charge in [0.2, 0.25) is 5.95 Å². The molecule has 0 saturated carbocycles. The number of halogens is 1. The van der Waals surface area contributed by atoms with Gasteiger partial charge in [-0.2, -0.15) is 0 Å². The fourth-order valence-electron chi connectivity index (χ4n) is 3.36. The van der Waals surface area contributed by atoms with Gasteiger partial charge in [0.25, 0.3) is 0 Å². The van der Waals surface area contributed by atoms with Gasteiger partial charge in [0.15, 0.2) is 5.78 Å². The topological polar surface area (TPSA) is 46.1 Å². The number of anilines is 1. The Kier molecular flexibility index (Phi) is 4.67. The molecule has 4 rings (SSSR count). The van der Waals surface area contributed by atoms with Crippen LogP contribution in [0.3, 0.4) is 0 Å². The first kappa shape index (κ1) is 16.7. The molecule has 1 unspecified atom stereocenters. The number of ketones is 1. The number of carbonyl (C=O) groups excluding carboxylic acids is 1. The van der Waals surface area contributed by atoms with E-state index in [0.29, 0.717) is 23.1 Å². The highest BCUT2D eigenvalue weighted by atomic mass is 35.5. The van der Waals surface area contributed by atoms with Gasteiger partial charge in [-0.05, 0) is 35.7 Å². The van der Waals surface area contributed by atoms with E-state index in [2.05, 4.69) is 14.9 Å². The summed E-state index contributed by atoms with van der Waals surface area (Å²) < 4.78 is 0. The van der Waals surface area contributed by atoms with Crippen LogP contribution in [0.25, 0.3) is 11.1 Å². The van der Waals surface area contributed by atoms with Crippen molar-refractivity contribution in [3.63, 3.8) is 0 Å². The molecule has 4 nitrogen and oxygen atoms in total. The van der Waals surface area contributed by atoms with Crippen molar-refractivity contribution < 1.29 is 4.79 Å². The molecule has 0 N–H and O–H groups in total. The molecular weight excluding hydrogens is 346 g/mol. The zero-order valence-corrected chi connectivity index (χ0v) is 14.9. The number of benzene rings is 2. The normalized spacial score (nSPS) is 16.7. The van der Waals surface area contributed by atoms with Crippen LogP contribution in [0.2, 0.25) is 5.02 Å². The standard InChI is InChI=1S/C21H18ClN3O/c22-19-13-16(15-5-2-1-3-6-15)7-8-18(19)20(26)17-9-12-25(14-17)21-23-10-4-11-24-21/h1-8,10-11,13,17H,9,12,14H2. The van der Waals surface area contributed by atoms with Crippen molar-refractivity contribution in [1.29, 1.82) is 0 Å². The first-order valence-corrected chi connectivity index (χ1v) is 9.01. The SMILES string of the molecule is O=C(c1ccc(-c2ccccc2)cc1Cl)C1CCN(c2ncccn2)C1. The maximum atomic E-state index is 12.9. The van der Waals surface area contributed by atoms with E-state index in [9.17, 15) is 4.79 Å². The molecule has 1 atom stereocenters. The molecule has 0 aliphatic carbocycles. The van der Waals surface area contributed by atoms with Crippen LogP contribution in [0.15, 0.2) is 67.0 Å². The minimum atomic E-state index is -0.0844. The van der Waals surface area contributed by atoms with Crippen LogP contribution in [0, 0.1) is 5.92 Å². The number of rotatable bonds is 4. The monoisotopic (exact) mass is 363 g/mol. The third-order valence-electron chi connectivity index (χ3n) is 4.74. The van der Waals surface area contributed by atoms with Crippen LogP contribution in [-0.4, -0.2) is 28.8 Å². The molecule has 2 heterocycles. The highest BCUT2D eigenvalue weighted by Gasteiger charge is 2.31. The lowest BCUT2D eigenvalue weighted by Gasteiger charge is -2.16. The summed E-state index contributed by atoms with van der Waals surface area (Å²) >= 11 is 6.45. The highest BCUT2D eigenvalue weighted by molar-refractivity contribution is 6.34. The number of nitrogens with zero attached hydrogens (tertiary/aromatic N) is 3. The summed E-state index contributed by atoms with van der Waals surface area (Å²) in [6.07, 6.45) is 4.22. The predicted molar refractivity (Wildman–Crippen MR) is 104 cm³/mol. The molecular formula is C21H18ClN3O. The molecule has 0 bridgehead atoms. The Bertz CT molecular complexity index is 915. The molecule has 1 aliphatic heterocycles. The zero-order valence-electron chi connectivity index (χ0n) is 14.2. The van der Waals surface area contributed by atoms with E-state index in [4.69, 9.17) is 11.6 Å². The molecule has 3 aromatic rings. The maximum absolute atomic E-state index is 12.9. The Hall–Kier alpha value is -2.72. The lowest BCUT2D eigenvalue weighted by atomic mass is 9.95. The molecule has 1 saturated heterocycles. The molecule has 1 aliphatic rings. The summed E-state index contributed by atoms with van der Waals surface area (Å²) in [5.41, 5.74) is 2.69. The van der Waals surface area contributed by atoms with E-state index in [1.165, 1.54) is 0 Å². The van der Waals surface area contributed by atoms with Crippen molar-refractivity contribution >= 4 is 23.3 Å². The van der Waals surface area contributed by atoms with Crippen LogP contribution in [0.1, 0.15) is 16.8 Å². The fraction of sp³-hybridized carbons (Fsp3) is 0.190. The van der Waals surface area contributed by atoms with E-state index in [1.807, 2.05) is 48.5 Å². The fourth-order valence-corrected chi connectivity index (χ4v) is 3.63. The lowest BCUT2D eigenvalue weighted by Crippen LogP contribution is -2.24. The lowest BCUT2D eigenvalue weighted by molar-refractivity contribution is 0.0931. The molecule has 5 heteroatoms. The van der Waals surface area contributed by atoms with Gasteiger partial charge >= 0.3 is 0 Å². The third-order valence-corrected chi connectivity index (χ3v) is 5.05. The maximum Gasteiger partial charge on any atom is 0.225 e. The van der Waals surface area contributed by atoms with Crippen molar-refractivity contribution in [3.05, 3.63) is 77.6 Å². The summed E-state index contributed by atoms with van der Waals surface area (Å²) in [6, 6.07) is 17.5. The summed E-state index contributed by atoms with van der Waals surface area (Å²) in [4.78, 5) is 23.5. The van der Waals surface area contributed by atoms with Gasteiger partial charge in [-0.15, -0.1) is 0 Å². The van der Waals surface area contributed by atoms with E-state index in [-0.39, 0.29) is 11.7 Å². The third kappa shape index (κ3) is 3.33. The van der Waals surface area contributed by atoms with Gasteiger partial charge in [-0.25, -0.2) is 9.97 Å². The van der Waals surface area contributed by atoms with Gasteiger partial charge in [-0.3, -0.25) is 4.79 Å². The van der Waals surface area contributed by atoms with Crippen molar-refractivity contribution in [3.8, 4) is 11.1 Å². The summed E-state index contributed by atoms with van der Waals surface area (Å²) in [6.45, 7) is 1.40. The molecule has 0 spiro atoms. The number of carbonyl (C=O) groups is 1. The Morgan fingerprint density at radius 3 is 2.50 bits per heavy atom. The second-order valence-electron chi connectivity index (χ2n) is 6.41. The van der Waals surface area contributed by atoms with Crippen LogP contribution >= 0.6 is 11.6 Å². The number of hydrogen-bond donors (Lipinski definition) is 0. The highest BCUT2D eigenvalue weighted by Crippen LogP contribution is 2.30. The van der Waals surface area contributed by atoms with Gasteiger partial charge in [0.1, 0.15) is 0 Å². The van der Waals surface area contributed by atoms with Crippen LogP contribution in [0.5, 0.6) is 0 Å². The minimum absolute atomic E-state index is 0.0844. The van der Waals surface area contributed by atoms with Gasteiger partial charge in [-0.1, -0.05) is 48.0 Å². The van der Waals surface area contributed by atoms with Crippen LogP contribution < -0.4 is 4.90 Å². The number of hydrogen-bond acceptors (Lipinski definition) is 4. The Balaban J connectivity index is 1.52. The Morgan fingerprint density at radius 2 is 1.77 bits per heavy atom. The van der Waals surface area contributed by atoms with E-state index in [0.717, 1.165) is 24.1 Å². The predicted octanol–water partition coefficient (Wildman–Crippen LogP) is 4.51. The van der Waals surface area contributed by atoms with Crippen LogP contribution in [0.4, 0.5) is 5.95 Å². The van der Waals surface area contributed by atoms with Crippen molar-refractivity contribution in [2.24, 2.45) is 5.92 Å². The summed E-state index contributed by atoms with van der Waals surface area (Å²) in [5, 5.41) is 0.505. The molecule has 26 heavy (non-hydrogen) atoms. The minimum Gasteiger partial charge on any atom is -0.340 e. The van der Waals surface area contributed by atoms with E-state index in [1.54, 1.807) is 18.5 Å². The first-order valence-electron chi connectivity index (χ1n) is 8.63. The van der Waals surface area contributed by atoms with Crippen LogP contribution in [-0.2, 0) is 0 Å². The van der Waals surface area contributed by atoms with Crippen molar-refractivity contribution in [1.82, 2.24) is 9.97 Å². The Labute approximate surface area is 157 Å². The average molecular weight is 364 g/mol. The molecule has 130 valence electrons. The Morgan fingerprint density at radius 1 is 1.00 bits per heavy atom. The van der Waals surface area contributed by atoms with Crippen molar-refractivity contribution in [2.45, 2.75) is 6.42 Å². The second-order valence-corrected chi connectivity index (χ2v) is 6.81. The molecule has 1 fully saturated rings. The number of aromatic nitrogens is 2. The van der Waals surface area contributed by atoms with E-state index >= 15 is 0 Å². The molecule has 0 radical (unpaired) electrons. The summed E-state index contributed by atoms with van der Waals surface area (Å²) in [5.74, 6) is 0.681. The average Bonchev–Trinajstić information content (AvgIpc) is 3.19. The zero-order chi connectivity index (χ0) is 17.9. The smallest absolute Gasteiger partial charge is 0.225 e. The number of Topliss-reactive ketones (excluding diaryl/α,β-unsaturated/α-hetero) is 1. The largest absolute Gasteiger partial charge is 0.340 e. The molecule has 0 amide bonds. The van der Waals surface area contributed by atoms with Gasteiger partial charge in [0.05, 0.1) is 5.02 Å². The first-order chi connectivity index (χ1) is 12.7. The van der Waals surface area contributed by atoms with Gasteiger partial charge < -0.3 is 4.90 Å². The molecule has 1 aromatic heterocycles.